The Kier molecular flexibility index (Phi) is 4.75. The molecule has 4 heteroatoms. The zero-order valence-electron chi connectivity index (χ0n) is 10.7. The first kappa shape index (κ1) is 13.4. The summed E-state index contributed by atoms with van der Waals surface area (Å²) in [6.45, 7) is 0.756. The molecule has 0 fully saturated rings. The zero-order valence-corrected chi connectivity index (χ0v) is 10.7. The Balaban J connectivity index is 2.00. The third-order valence-electron chi connectivity index (χ3n) is 2.88. The second-order valence-corrected chi connectivity index (χ2v) is 4.33. The van der Waals surface area contributed by atoms with Crippen LogP contribution in [-0.2, 0) is 0 Å². The van der Waals surface area contributed by atoms with Crippen molar-refractivity contribution in [2.75, 3.05) is 13.2 Å². The number of aromatic nitrogens is 1. The zero-order chi connectivity index (χ0) is 13.5. The molecule has 19 heavy (non-hydrogen) atoms. The standard InChI is InChI=1S/C15H18N2O2/c18-11-4-1-8-16-15(19)13-6-5-7-14(12-13)17-9-2-3-10-17/h2-3,5-7,9-10,12,18H,1,4,8,11H2,(H,16,19). The highest BCUT2D eigenvalue weighted by Crippen LogP contribution is 2.10. The van der Waals surface area contributed by atoms with Crippen LogP contribution in [0.2, 0.25) is 0 Å². The molecule has 0 unspecified atom stereocenters. The van der Waals surface area contributed by atoms with Crippen LogP contribution in [-0.4, -0.2) is 28.7 Å². The minimum atomic E-state index is -0.0769. The minimum absolute atomic E-state index is 0.0769. The molecule has 0 aliphatic rings. The third-order valence-corrected chi connectivity index (χ3v) is 2.88. The average molecular weight is 258 g/mol. The van der Waals surface area contributed by atoms with Crippen LogP contribution >= 0.6 is 0 Å². The summed E-state index contributed by atoms with van der Waals surface area (Å²) in [5.41, 5.74) is 1.61. The van der Waals surface area contributed by atoms with Gasteiger partial charge in [0.15, 0.2) is 0 Å². The van der Waals surface area contributed by atoms with Gasteiger partial charge in [-0.05, 0) is 43.2 Å². The average Bonchev–Trinajstić information content (AvgIpc) is 2.98. The fraction of sp³-hybridized carbons (Fsp3) is 0.267. The van der Waals surface area contributed by atoms with Crippen LogP contribution in [0.1, 0.15) is 23.2 Å². The number of aliphatic hydroxyl groups excluding tert-OH is 1. The minimum Gasteiger partial charge on any atom is -0.396 e. The second-order valence-electron chi connectivity index (χ2n) is 4.33. The lowest BCUT2D eigenvalue weighted by atomic mass is 10.2. The van der Waals surface area contributed by atoms with Gasteiger partial charge >= 0.3 is 0 Å². The lowest BCUT2D eigenvalue weighted by Crippen LogP contribution is -2.24. The molecule has 0 bridgehead atoms. The summed E-state index contributed by atoms with van der Waals surface area (Å²) in [7, 11) is 0. The fourth-order valence-electron chi connectivity index (χ4n) is 1.86. The van der Waals surface area contributed by atoms with Gasteiger partial charge in [-0.25, -0.2) is 0 Å². The number of carbonyl (C=O) groups excluding carboxylic acids is 1. The van der Waals surface area contributed by atoms with E-state index in [9.17, 15) is 4.79 Å². The van der Waals surface area contributed by atoms with Gasteiger partial charge in [-0.15, -0.1) is 0 Å². The molecule has 1 aromatic carbocycles. The smallest absolute Gasteiger partial charge is 0.251 e. The molecule has 0 saturated heterocycles. The molecule has 1 heterocycles. The van der Waals surface area contributed by atoms with E-state index in [4.69, 9.17) is 5.11 Å². The summed E-state index contributed by atoms with van der Waals surface area (Å²) in [5, 5.41) is 11.5. The first-order valence-corrected chi connectivity index (χ1v) is 6.44. The summed E-state index contributed by atoms with van der Waals surface area (Å²) in [6, 6.07) is 11.4. The van der Waals surface area contributed by atoms with Crippen LogP contribution in [0.25, 0.3) is 5.69 Å². The molecule has 4 nitrogen and oxygen atoms in total. The monoisotopic (exact) mass is 258 g/mol. The maximum atomic E-state index is 11.9. The van der Waals surface area contributed by atoms with Crippen molar-refractivity contribution < 1.29 is 9.90 Å². The van der Waals surface area contributed by atoms with Crippen LogP contribution < -0.4 is 5.32 Å². The van der Waals surface area contributed by atoms with Gasteiger partial charge < -0.3 is 15.0 Å². The van der Waals surface area contributed by atoms with E-state index in [2.05, 4.69) is 5.32 Å². The van der Waals surface area contributed by atoms with Crippen LogP contribution in [0.5, 0.6) is 0 Å². The lowest BCUT2D eigenvalue weighted by Gasteiger charge is -2.07. The van der Waals surface area contributed by atoms with Crippen molar-refractivity contribution in [3.63, 3.8) is 0 Å². The normalized spacial score (nSPS) is 10.4. The number of nitrogens with one attached hydrogen (secondary N) is 1. The topological polar surface area (TPSA) is 54.3 Å². The second kappa shape index (κ2) is 6.75. The maximum Gasteiger partial charge on any atom is 0.251 e. The Hall–Kier alpha value is -2.07. The fourth-order valence-corrected chi connectivity index (χ4v) is 1.86. The summed E-state index contributed by atoms with van der Waals surface area (Å²) in [4.78, 5) is 11.9. The molecule has 100 valence electrons. The Labute approximate surface area is 112 Å². The Morgan fingerprint density at radius 3 is 2.68 bits per heavy atom. The van der Waals surface area contributed by atoms with Crippen molar-refractivity contribution in [1.82, 2.24) is 9.88 Å². The van der Waals surface area contributed by atoms with Gasteiger partial charge in [0.2, 0.25) is 0 Å². The molecule has 0 aliphatic heterocycles. The molecule has 2 N–H and O–H groups in total. The molecule has 1 aromatic heterocycles. The van der Waals surface area contributed by atoms with Gasteiger partial charge in [0.25, 0.3) is 5.91 Å². The van der Waals surface area contributed by atoms with Gasteiger partial charge in [0, 0.05) is 36.8 Å². The summed E-state index contributed by atoms with van der Waals surface area (Å²) in [5.74, 6) is -0.0769. The SMILES string of the molecule is O=C(NCCCCO)c1cccc(-n2cccc2)c1. The predicted molar refractivity (Wildman–Crippen MR) is 74.4 cm³/mol. The van der Waals surface area contributed by atoms with Crippen molar-refractivity contribution in [3.8, 4) is 5.69 Å². The highest BCUT2D eigenvalue weighted by molar-refractivity contribution is 5.94. The highest BCUT2D eigenvalue weighted by atomic mass is 16.2. The Bertz CT molecular complexity index is 521. The number of hydrogen-bond acceptors (Lipinski definition) is 2. The van der Waals surface area contributed by atoms with Gasteiger partial charge in [-0.1, -0.05) is 6.07 Å². The summed E-state index contributed by atoms with van der Waals surface area (Å²) in [6.07, 6.45) is 5.39. The molecule has 2 rings (SSSR count). The van der Waals surface area contributed by atoms with Crippen LogP contribution in [0, 0.1) is 0 Å². The molecule has 0 radical (unpaired) electrons. The molecule has 0 saturated carbocycles. The van der Waals surface area contributed by atoms with E-state index in [1.807, 2.05) is 47.3 Å². The number of carbonyl (C=O) groups is 1. The van der Waals surface area contributed by atoms with Gasteiger partial charge in [-0.3, -0.25) is 4.79 Å². The van der Waals surface area contributed by atoms with E-state index in [0.29, 0.717) is 18.5 Å². The molecule has 2 aromatic rings. The van der Waals surface area contributed by atoms with Crippen molar-refractivity contribution in [2.45, 2.75) is 12.8 Å². The highest BCUT2D eigenvalue weighted by Gasteiger charge is 2.05. The van der Waals surface area contributed by atoms with Crippen molar-refractivity contribution >= 4 is 5.91 Å². The summed E-state index contributed by atoms with van der Waals surface area (Å²) < 4.78 is 1.96. The lowest BCUT2D eigenvalue weighted by molar-refractivity contribution is 0.0952. The Morgan fingerprint density at radius 2 is 1.95 bits per heavy atom. The quantitative estimate of drug-likeness (QED) is 0.778. The maximum absolute atomic E-state index is 11.9. The Morgan fingerprint density at radius 1 is 1.16 bits per heavy atom. The van der Waals surface area contributed by atoms with Crippen molar-refractivity contribution in [2.24, 2.45) is 0 Å². The number of amides is 1. The van der Waals surface area contributed by atoms with Gasteiger partial charge in [0.05, 0.1) is 0 Å². The number of nitrogens with zero attached hydrogens (tertiary/aromatic N) is 1. The van der Waals surface area contributed by atoms with Crippen LogP contribution in [0.15, 0.2) is 48.8 Å². The summed E-state index contributed by atoms with van der Waals surface area (Å²) >= 11 is 0. The molecule has 0 aliphatic carbocycles. The number of benzene rings is 1. The van der Waals surface area contributed by atoms with E-state index in [0.717, 1.165) is 12.1 Å². The van der Waals surface area contributed by atoms with Crippen molar-refractivity contribution in [1.29, 1.82) is 0 Å². The van der Waals surface area contributed by atoms with Crippen LogP contribution in [0.4, 0.5) is 0 Å². The molecule has 0 spiro atoms. The molecular weight excluding hydrogens is 240 g/mol. The first-order valence-electron chi connectivity index (χ1n) is 6.44. The van der Waals surface area contributed by atoms with Crippen molar-refractivity contribution in [3.05, 3.63) is 54.4 Å². The van der Waals surface area contributed by atoms with Crippen LogP contribution in [0.3, 0.4) is 0 Å². The van der Waals surface area contributed by atoms with E-state index >= 15 is 0 Å². The predicted octanol–water partition coefficient (Wildman–Crippen LogP) is 1.98. The van der Waals surface area contributed by atoms with E-state index in [1.54, 1.807) is 6.07 Å². The van der Waals surface area contributed by atoms with E-state index < -0.39 is 0 Å². The van der Waals surface area contributed by atoms with Gasteiger partial charge in [0.1, 0.15) is 0 Å². The van der Waals surface area contributed by atoms with E-state index in [1.165, 1.54) is 0 Å². The van der Waals surface area contributed by atoms with Gasteiger partial charge in [-0.2, -0.15) is 0 Å². The molecular formula is C15H18N2O2. The number of hydrogen-bond donors (Lipinski definition) is 2. The number of rotatable bonds is 6. The number of aliphatic hydroxyl groups is 1. The van der Waals surface area contributed by atoms with E-state index in [-0.39, 0.29) is 12.5 Å². The first-order chi connectivity index (χ1) is 9.31. The third kappa shape index (κ3) is 3.69. The largest absolute Gasteiger partial charge is 0.396 e. The molecule has 1 amide bonds. The number of unbranched alkanes of at least 4 members (excludes halogenated alkanes) is 1. The molecule has 0 atom stereocenters.